The van der Waals surface area contributed by atoms with Gasteiger partial charge in [0, 0.05) is 24.2 Å². The average molecular weight is 487 g/mol. The van der Waals surface area contributed by atoms with Crippen molar-refractivity contribution in [1.29, 1.82) is 0 Å². The second-order valence-corrected chi connectivity index (χ2v) is 9.92. The van der Waals surface area contributed by atoms with Gasteiger partial charge in [-0.3, -0.25) is 4.79 Å². The van der Waals surface area contributed by atoms with E-state index in [4.69, 9.17) is 5.73 Å². The van der Waals surface area contributed by atoms with Gasteiger partial charge in [0.2, 0.25) is 5.91 Å². The van der Waals surface area contributed by atoms with Crippen molar-refractivity contribution in [2.75, 3.05) is 12.8 Å². The summed E-state index contributed by atoms with van der Waals surface area (Å²) in [5, 5.41) is 12.1. The Morgan fingerprint density at radius 2 is 1.79 bits per heavy atom. The van der Waals surface area contributed by atoms with Crippen LogP contribution in [0.3, 0.4) is 0 Å². The Morgan fingerprint density at radius 1 is 1.18 bits per heavy atom. The molecule has 0 fully saturated rings. The van der Waals surface area contributed by atoms with Crippen LogP contribution in [0, 0.1) is 17.0 Å². The highest BCUT2D eigenvalue weighted by Crippen LogP contribution is 2.32. The lowest BCUT2D eigenvalue weighted by Gasteiger charge is -2.16. The molecule has 3 N–H and O–H groups in total. The molecule has 0 aliphatic rings. The van der Waals surface area contributed by atoms with Gasteiger partial charge in [-0.2, -0.15) is 0 Å². The monoisotopic (exact) mass is 486 g/mol. The number of carbonyl (C=O) groups is 1. The van der Waals surface area contributed by atoms with Crippen molar-refractivity contribution in [1.82, 2.24) is 9.88 Å². The molecule has 180 valence electrons. The number of carbonyl (C=O) groups excluding carboxylic acids is 1. The Kier molecular flexibility index (Phi) is 7.38. The number of aromatic nitrogens is 1. The van der Waals surface area contributed by atoms with Crippen LogP contribution >= 0.6 is 0 Å². The maximum absolute atomic E-state index is 12.7. The van der Waals surface area contributed by atoms with Crippen molar-refractivity contribution >= 4 is 15.7 Å². The third kappa shape index (κ3) is 5.61. The van der Waals surface area contributed by atoms with Crippen molar-refractivity contribution in [2.24, 2.45) is 5.73 Å². The van der Waals surface area contributed by atoms with E-state index in [0.717, 1.165) is 28.9 Å². The molecular weight excluding hydrogens is 460 g/mol. The molecule has 0 saturated carbocycles. The fourth-order valence-electron chi connectivity index (χ4n) is 3.62. The molecule has 0 radical (unpaired) electrons. The molecule has 1 aromatic heterocycles. The van der Waals surface area contributed by atoms with E-state index in [9.17, 15) is 23.3 Å². The molecule has 11 heteroatoms. The van der Waals surface area contributed by atoms with Crippen LogP contribution < -0.4 is 11.1 Å². The van der Waals surface area contributed by atoms with Gasteiger partial charge in [-0.1, -0.05) is 30.3 Å². The van der Waals surface area contributed by atoms with Crippen LogP contribution in [0.15, 0.2) is 65.6 Å². The molecule has 34 heavy (non-hydrogen) atoms. The standard InChI is InChI=1S/C23H26N4O6S/c1-15(33-27(29)30)14-25-23(28)22(24)20-13-21(17-9-11-19(12-10-17)34(3,31)32)26(16(20)2)18-7-5-4-6-8-18/h4-13,15,22H,14,24H2,1-3H3,(H,25,28)/t15-,22+/m0/s1. The molecule has 0 aliphatic carbocycles. The molecule has 3 aromatic rings. The fraction of sp³-hybridized carbons (Fsp3) is 0.261. The normalized spacial score (nSPS) is 13.2. The molecule has 0 aliphatic heterocycles. The van der Waals surface area contributed by atoms with Crippen molar-refractivity contribution in [2.45, 2.75) is 30.9 Å². The minimum atomic E-state index is -3.34. The fourth-order valence-corrected chi connectivity index (χ4v) is 4.25. The molecule has 0 spiro atoms. The molecule has 0 unspecified atom stereocenters. The Balaban J connectivity index is 1.99. The van der Waals surface area contributed by atoms with Gasteiger partial charge in [0.15, 0.2) is 9.84 Å². The molecule has 3 rings (SSSR count). The zero-order valence-electron chi connectivity index (χ0n) is 19.0. The highest BCUT2D eigenvalue weighted by Gasteiger charge is 2.24. The van der Waals surface area contributed by atoms with Crippen molar-refractivity contribution in [3.05, 3.63) is 82.0 Å². The molecule has 2 aromatic carbocycles. The van der Waals surface area contributed by atoms with Crippen LogP contribution in [-0.2, 0) is 19.5 Å². The lowest BCUT2D eigenvalue weighted by Crippen LogP contribution is -2.39. The van der Waals surface area contributed by atoms with Crippen molar-refractivity contribution in [3.8, 4) is 16.9 Å². The van der Waals surface area contributed by atoms with Crippen LogP contribution in [0.1, 0.15) is 24.2 Å². The van der Waals surface area contributed by atoms with Crippen LogP contribution in [-0.4, -0.2) is 42.9 Å². The second-order valence-electron chi connectivity index (χ2n) is 7.90. The Labute approximate surface area is 197 Å². The Bertz CT molecular complexity index is 1290. The summed E-state index contributed by atoms with van der Waals surface area (Å²) in [6.45, 7) is 3.22. The van der Waals surface area contributed by atoms with E-state index in [-0.39, 0.29) is 11.4 Å². The minimum Gasteiger partial charge on any atom is -0.352 e. The Morgan fingerprint density at radius 3 is 2.35 bits per heavy atom. The van der Waals surface area contributed by atoms with Crippen molar-refractivity contribution in [3.63, 3.8) is 0 Å². The summed E-state index contributed by atoms with van der Waals surface area (Å²) in [7, 11) is -3.34. The summed E-state index contributed by atoms with van der Waals surface area (Å²) in [6.07, 6.45) is 0.316. The largest absolute Gasteiger partial charge is 0.352 e. The van der Waals surface area contributed by atoms with E-state index < -0.39 is 33.0 Å². The summed E-state index contributed by atoms with van der Waals surface area (Å²) in [5.74, 6) is -0.508. The highest BCUT2D eigenvalue weighted by molar-refractivity contribution is 7.90. The molecule has 0 saturated heterocycles. The highest BCUT2D eigenvalue weighted by atomic mass is 32.2. The number of para-hydroxylation sites is 1. The second kappa shape index (κ2) is 10.1. The zero-order chi connectivity index (χ0) is 25.0. The first-order valence-electron chi connectivity index (χ1n) is 10.4. The van der Waals surface area contributed by atoms with Gasteiger partial charge in [0.1, 0.15) is 12.1 Å². The molecule has 1 amide bonds. The van der Waals surface area contributed by atoms with Gasteiger partial charge in [-0.25, -0.2) is 8.42 Å². The summed E-state index contributed by atoms with van der Waals surface area (Å²) in [6, 6.07) is 16.7. The third-order valence-electron chi connectivity index (χ3n) is 5.33. The number of nitrogens with one attached hydrogen (secondary N) is 1. The van der Waals surface area contributed by atoms with Gasteiger partial charge in [-0.15, -0.1) is 10.1 Å². The number of hydrogen-bond donors (Lipinski definition) is 2. The molecule has 0 bridgehead atoms. The van der Waals surface area contributed by atoms with Crippen LogP contribution in [0.4, 0.5) is 0 Å². The lowest BCUT2D eigenvalue weighted by atomic mass is 10.1. The van der Waals surface area contributed by atoms with E-state index in [1.165, 1.54) is 19.1 Å². The van der Waals surface area contributed by atoms with Gasteiger partial charge in [0.05, 0.1) is 10.6 Å². The quantitative estimate of drug-likeness (QED) is 0.349. The zero-order valence-corrected chi connectivity index (χ0v) is 19.8. The van der Waals surface area contributed by atoms with Crippen LogP contribution in [0.2, 0.25) is 0 Å². The molecule has 10 nitrogen and oxygen atoms in total. The summed E-state index contributed by atoms with van der Waals surface area (Å²) >= 11 is 0. The van der Waals surface area contributed by atoms with E-state index in [1.807, 2.05) is 41.8 Å². The van der Waals surface area contributed by atoms with Crippen molar-refractivity contribution < 1.29 is 23.1 Å². The minimum absolute atomic E-state index is 0.0776. The van der Waals surface area contributed by atoms with Crippen LogP contribution in [0.5, 0.6) is 0 Å². The van der Waals surface area contributed by atoms with Gasteiger partial charge in [-0.05, 0) is 55.3 Å². The average Bonchev–Trinajstić information content (AvgIpc) is 3.13. The Hall–Kier alpha value is -3.70. The number of sulfone groups is 1. The molecule has 2 atom stereocenters. The maximum atomic E-state index is 12.7. The number of amides is 1. The first kappa shape index (κ1) is 24.9. The van der Waals surface area contributed by atoms with E-state index in [0.29, 0.717) is 5.56 Å². The summed E-state index contributed by atoms with van der Waals surface area (Å²) in [5.41, 5.74) is 9.87. The number of nitrogens with two attached hydrogens (primary N) is 1. The SMILES string of the molecule is Cc1c([C@@H](N)C(=O)NC[C@H](C)O[N+](=O)[O-])cc(-c2ccc(S(C)(=O)=O)cc2)n1-c1ccccc1. The third-order valence-corrected chi connectivity index (χ3v) is 6.45. The maximum Gasteiger partial charge on any atom is 0.294 e. The number of nitrogens with zero attached hydrogens (tertiary/aromatic N) is 2. The van der Waals surface area contributed by atoms with E-state index >= 15 is 0 Å². The number of rotatable bonds is 9. The molecular formula is C23H26N4O6S. The van der Waals surface area contributed by atoms with E-state index in [2.05, 4.69) is 10.2 Å². The van der Waals surface area contributed by atoms with Gasteiger partial charge >= 0.3 is 0 Å². The topological polar surface area (TPSA) is 147 Å². The first-order chi connectivity index (χ1) is 16.0. The smallest absolute Gasteiger partial charge is 0.294 e. The predicted octanol–water partition coefficient (Wildman–Crippen LogP) is 2.57. The summed E-state index contributed by atoms with van der Waals surface area (Å²) in [4.78, 5) is 27.8. The number of benzene rings is 2. The first-order valence-corrected chi connectivity index (χ1v) is 12.3. The predicted molar refractivity (Wildman–Crippen MR) is 127 cm³/mol. The number of hydrogen-bond acceptors (Lipinski definition) is 7. The van der Waals surface area contributed by atoms with Gasteiger partial charge in [0.25, 0.3) is 5.09 Å². The lowest BCUT2D eigenvalue weighted by molar-refractivity contribution is -0.767. The van der Waals surface area contributed by atoms with Crippen LogP contribution in [0.25, 0.3) is 16.9 Å². The van der Waals surface area contributed by atoms with Gasteiger partial charge < -0.3 is 20.5 Å². The molecule has 1 heterocycles. The van der Waals surface area contributed by atoms with E-state index in [1.54, 1.807) is 18.2 Å². The summed E-state index contributed by atoms with van der Waals surface area (Å²) < 4.78 is 25.6.